The molecule has 1 atom stereocenters. The number of nitrogens with zero attached hydrogens (tertiary/aromatic N) is 1. The second kappa shape index (κ2) is 7.68. The monoisotopic (exact) mass is 345 g/mol. The van der Waals surface area contributed by atoms with Crippen molar-refractivity contribution in [1.82, 2.24) is 15.6 Å². The average Bonchev–Trinajstić information content (AvgIpc) is 3.36. The van der Waals surface area contributed by atoms with Gasteiger partial charge in [0.25, 0.3) is 0 Å². The number of hydrogen-bond donors (Lipinski definition) is 2. The molecule has 1 aromatic heterocycles. The van der Waals surface area contributed by atoms with Crippen molar-refractivity contribution in [2.75, 3.05) is 6.54 Å². The van der Waals surface area contributed by atoms with E-state index in [2.05, 4.69) is 15.6 Å². The molecule has 0 saturated heterocycles. The molecule has 0 aliphatic heterocycles. The lowest BCUT2D eigenvalue weighted by molar-refractivity contribution is -0.118. The predicted octanol–water partition coefficient (Wildman–Crippen LogP) is 2.90. The third kappa shape index (κ3) is 6.57. The number of aromatic nitrogens is 1. The van der Waals surface area contributed by atoms with Crippen molar-refractivity contribution in [2.45, 2.75) is 51.7 Å². The zero-order valence-corrected chi connectivity index (χ0v) is 15.3. The minimum atomic E-state index is -0.547. The molecule has 25 heavy (non-hydrogen) atoms. The minimum absolute atomic E-state index is 0.203. The summed E-state index contributed by atoms with van der Waals surface area (Å²) >= 11 is 0. The van der Waals surface area contributed by atoms with Gasteiger partial charge in [-0.2, -0.15) is 0 Å². The molecule has 0 radical (unpaired) electrons. The quantitative estimate of drug-likeness (QED) is 0.777. The first kappa shape index (κ1) is 19.0. The molecule has 1 aliphatic rings. The SMILES string of the molecule is CC(C)(C)OC(=O)NC[C@](C)(NC(=O)/C=C/c1ccccn1)C1CC1. The first-order valence-electron chi connectivity index (χ1n) is 8.56. The highest BCUT2D eigenvalue weighted by atomic mass is 16.6. The van der Waals surface area contributed by atoms with Gasteiger partial charge >= 0.3 is 6.09 Å². The van der Waals surface area contributed by atoms with Gasteiger partial charge in [0.05, 0.1) is 11.2 Å². The van der Waals surface area contributed by atoms with E-state index < -0.39 is 17.2 Å². The van der Waals surface area contributed by atoms with Gasteiger partial charge in [0.15, 0.2) is 0 Å². The van der Waals surface area contributed by atoms with E-state index in [-0.39, 0.29) is 5.91 Å². The summed E-state index contributed by atoms with van der Waals surface area (Å²) in [6, 6.07) is 5.52. The highest BCUT2D eigenvalue weighted by molar-refractivity contribution is 5.92. The third-order valence-corrected chi connectivity index (χ3v) is 3.98. The summed E-state index contributed by atoms with van der Waals surface area (Å²) < 4.78 is 5.26. The first-order chi connectivity index (χ1) is 11.7. The van der Waals surface area contributed by atoms with Gasteiger partial charge in [-0.1, -0.05) is 6.07 Å². The van der Waals surface area contributed by atoms with E-state index in [4.69, 9.17) is 4.74 Å². The van der Waals surface area contributed by atoms with Crippen LogP contribution in [0.4, 0.5) is 4.79 Å². The molecule has 6 heteroatoms. The Morgan fingerprint density at radius 3 is 2.56 bits per heavy atom. The first-order valence-corrected chi connectivity index (χ1v) is 8.56. The molecule has 136 valence electrons. The molecule has 0 aromatic carbocycles. The van der Waals surface area contributed by atoms with Crippen LogP contribution in [0.2, 0.25) is 0 Å². The van der Waals surface area contributed by atoms with Gasteiger partial charge in [0.1, 0.15) is 5.60 Å². The zero-order chi connectivity index (χ0) is 18.5. The van der Waals surface area contributed by atoms with Gasteiger partial charge in [-0.25, -0.2) is 4.79 Å². The molecule has 1 heterocycles. The Bertz CT molecular complexity index is 633. The second-order valence-electron chi connectivity index (χ2n) is 7.62. The van der Waals surface area contributed by atoms with Crippen molar-refractivity contribution in [2.24, 2.45) is 5.92 Å². The van der Waals surface area contributed by atoms with Gasteiger partial charge in [0.2, 0.25) is 5.91 Å². The predicted molar refractivity (Wildman–Crippen MR) is 96.8 cm³/mol. The fourth-order valence-electron chi connectivity index (χ4n) is 2.54. The van der Waals surface area contributed by atoms with Gasteiger partial charge < -0.3 is 15.4 Å². The number of amides is 2. The summed E-state index contributed by atoms with van der Waals surface area (Å²) in [7, 11) is 0. The van der Waals surface area contributed by atoms with Crippen molar-refractivity contribution in [3.63, 3.8) is 0 Å². The number of carbonyl (C=O) groups is 2. The van der Waals surface area contributed by atoms with E-state index in [9.17, 15) is 9.59 Å². The van der Waals surface area contributed by atoms with Crippen LogP contribution < -0.4 is 10.6 Å². The van der Waals surface area contributed by atoms with E-state index in [1.54, 1.807) is 12.3 Å². The van der Waals surface area contributed by atoms with Crippen LogP contribution >= 0.6 is 0 Å². The Morgan fingerprint density at radius 1 is 1.28 bits per heavy atom. The molecular weight excluding hydrogens is 318 g/mol. The van der Waals surface area contributed by atoms with Crippen molar-refractivity contribution >= 4 is 18.1 Å². The molecule has 2 N–H and O–H groups in total. The summed E-state index contributed by atoms with van der Waals surface area (Å²) in [6.45, 7) is 7.73. The van der Waals surface area contributed by atoms with Crippen LogP contribution in [-0.2, 0) is 9.53 Å². The number of carbonyl (C=O) groups excluding carboxylic acids is 2. The smallest absolute Gasteiger partial charge is 0.407 e. The standard InChI is InChI=1S/C19H27N3O3/c1-18(2,3)25-17(24)21-13-19(4,14-8-9-14)22-16(23)11-10-15-7-5-6-12-20-15/h5-7,10-12,14H,8-9,13H2,1-4H3,(H,21,24)(H,22,23)/b11-10+/t19-/m0/s1. The third-order valence-electron chi connectivity index (χ3n) is 3.98. The topological polar surface area (TPSA) is 80.3 Å². The molecule has 1 saturated carbocycles. The number of hydrogen-bond acceptors (Lipinski definition) is 4. The number of nitrogens with one attached hydrogen (secondary N) is 2. The molecule has 6 nitrogen and oxygen atoms in total. The van der Waals surface area contributed by atoms with E-state index in [0.29, 0.717) is 12.5 Å². The summed E-state index contributed by atoms with van der Waals surface area (Å²) in [5.41, 5.74) is -0.324. The lowest BCUT2D eigenvalue weighted by Crippen LogP contribution is -2.55. The molecule has 1 fully saturated rings. The van der Waals surface area contributed by atoms with Gasteiger partial charge in [-0.05, 0) is 64.7 Å². The second-order valence-corrected chi connectivity index (χ2v) is 7.62. The van der Waals surface area contributed by atoms with E-state index in [1.165, 1.54) is 6.08 Å². The van der Waals surface area contributed by atoms with Crippen LogP contribution in [0, 0.1) is 5.92 Å². The van der Waals surface area contributed by atoms with E-state index in [0.717, 1.165) is 18.5 Å². The molecule has 0 bridgehead atoms. The molecule has 2 amide bonds. The van der Waals surface area contributed by atoms with Gasteiger partial charge in [-0.3, -0.25) is 9.78 Å². The van der Waals surface area contributed by atoms with Crippen molar-refractivity contribution in [1.29, 1.82) is 0 Å². The number of ether oxygens (including phenoxy) is 1. The Labute approximate surface area is 149 Å². The van der Waals surface area contributed by atoms with Crippen LogP contribution in [0.1, 0.15) is 46.2 Å². The number of rotatable bonds is 6. The summed E-state index contributed by atoms with van der Waals surface area (Å²) in [5, 5.41) is 5.79. The Balaban J connectivity index is 1.91. The van der Waals surface area contributed by atoms with Gasteiger partial charge in [0, 0.05) is 18.8 Å². The summed E-state index contributed by atoms with van der Waals surface area (Å²) in [5.74, 6) is 0.153. The number of pyridine rings is 1. The maximum Gasteiger partial charge on any atom is 0.407 e. The van der Waals surface area contributed by atoms with Crippen molar-refractivity contribution in [3.8, 4) is 0 Å². The molecule has 0 spiro atoms. The van der Waals surface area contributed by atoms with Crippen LogP contribution in [0.5, 0.6) is 0 Å². The fourth-order valence-corrected chi connectivity index (χ4v) is 2.54. The zero-order valence-electron chi connectivity index (χ0n) is 15.3. The van der Waals surface area contributed by atoms with Crippen LogP contribution in [0.15, 0.2) is 30.5 Å². The highest BCUT2D eigenvalue weighted by Gasteiger charge is 2.42. The van der Waals surface area contributed by atoms with Crippen LogP contribution in [0.3, 0.4) is 0 Å². The summed E-state index contributed by atoms with van der Waals surface area (Å²) in [6.07, 6.45) is 6.42. The molecule has 2 rings (SSSR count). The highest BCUT2D eigenvalue weighted by Crippen LogP contribution is 2.39. The van der Waals surface area contributed by atoms with Crippen LogP contribution in [-0.4, -0.2) is 34.7 Å². The molecular formula is C19H27N3O3. The maximum absolute atomic E-state index is 12.3. The van der Waals surface area contributed by atoms with E-state index in [1.807, 2.05) is 45.9 Å². The lowest BCUT2D eigenvalue weighted by Gasteiger charge is -2.31. The van der Waals surface area contributed by atoms with Crippen molar-refractivity contribution in [3.05, 3.63) is 36.2 Å². The molecule has 1 aromatic rings. The number of alkyl carbamates (subject to hydrolysis) is 1. The minimum Gasteiger partial charge on any atom is -0.444 e. The molecule has 1 aliphatic carbocycles. The fraction of sp³-hybridized carbons (Fsp3) is 0.526. The molecule has 0 unspecified atom stereocenters. The van der Waals surface area contributed by atoms with E-state index >= 15 is 0 Å². The van der Waals surface area contributed by atoms with Crippen molar-refractivity contribution < 1.29 is 14.3 Å². The Morgan fingerprint density at radius 2 is 2.00 bits per heavy atom. The Kier molecular flexibility index (Phi) is 5.82. The Hall–Kier alpha value is -2.37. The van der Waals surface area contributed by atoms with Gasteiger partial charge in [-0.15, -0.1) is 0 Å². The average molecular weight is 345 g/mol. The lowest BCUT2D eigenvalue weighted by atomic mass is 9.95. The normalized spacial score (nSPS) is 17.0. The summed E-state index contributed by atoms with van der Waals surface area (Å²) in [4.78, 5) is 28.3. The van der Waals surface area contributed by atoms with Crippen LogP contribution in [0.25, 0.3) is 6.08 Å². The largest absolute Gasteiger partial charge is 0.444 e. The maximum atomic E-state index is 12.3.